The molecule has 0 saturated heterocycles. The molecular weight excluding hydrogens is 198 g/mol. The van der Waals surface area contributed by atoms with Crippen LogP contribution in [-0.4, -0.2) is 19.8 Å². The van der Waals surface area contributed by atoms with Gasteiger partial charge in [-0.05, 0) is 49.9 Å². The summed E-state index contributed by atoms with van der Waals surface area (Å²) in [5.41, 5.74) is 5.47. The topological polar surface area (TPSA) is 21.3 Å². The van der Waals surface area contributed by atoms with Gasteiger partial charge in [-0.2, -0.15) is 0 Å². The molecule has 0 aromatic heterocycles. The fourth-order valence-corrected chi connectivity index (χ4v) is 1.80. The quantitative estimate of drug-likeness (QED) is 0.825. The van der Waals surface area contributed by atoms with Crippen LogP contribution in [0.4, 0.5) is 0 Å². The van der Waals surface area contributed by atoms with E-state index >= 15 is 0 Å². The average molecular weight is 221 g/mol. The largest absolute Gasteiger partial charge is 0.383 e. The van der Waals surface area contributed by atoms with Crippen LogP contribution in [-0.2, 0) is 11.3 Å². The van der Waals surface area contributed by atoms with Gasteiger partial charge in [0.1, 0.15) is 0 Å². The third kappa shape index (κ3) is 3.62. The van der Waals surface area contributed by atoms with E-state index in [0.29, 0.717) is 6.04 Å². The predicted molar refractivity (Wildman–Crippen MR) is 68.8 cm³/mol. The van der Waals surface area contributed by atoms with Crippen LogP contribution in [0.15, 0.2) is 12.1 Å². The molecule has 0 heterocycles. The van der Waals surface area contributed by atoms with Crippen LogP contribution in [0.1, 0.15) is 29.2 Å². The summed E-state index contributed by atoms with van der Waals surface area (Å²) in [6, 6.07) is 4.93. The van der Waals surface area contributed by atoms with Gasteiger partial charge in [-0.25, -0.2) is 0 Å². The molecule has 0 spiro atoms. The molecule has 2 nitrogen and oxygen atoms in total. The van der Waals surface area contributed by atoms with E-state index in [1.165, 1.54) is 22.3 Å². The van der Waals surface area contributed by atoms with Gasteiger partial charge < -0.3 is 10.1 Å². The second-order valence-electron chi connectivity index (χ2n) is 4.60. The highest BCUT2D eigenvalue weighted by atomic mass is 16.5. The molecule has 0 aliphatic heterocycles. The number of aryl methyl sites for hydroxylation is 3. The summed E-state index contributed by atoms with van der Waals surface area (Å²) in [5.74, 6) is 0. The zero-order chi connectivity index (χ0) is 12.1. The minimum Gasteiger partial charge on any atom is -0.383 e. The molecule has 0 aliphatic rings. The van der Waals surface area contributed by atoms with Crippen LogP contribution < -0.4 is 5.32 Å². The van der Waals surface area contributed by atoms with Crippen molar-refractivity contribution in [2.24, 2.45) is 0 Å². The molecule has 1 atom stereocenters. The van der Waals surface area contributed by atoms with E-state index < -0.39 is 0 Å². The van der Waals surface area contributed by atoms with Crippen molar-refractivity contribution in [2.75, 3.05) is 13.7 Å². The second kappa shape index (κ2) is 6.02. The number of methoxy groups -OCH3 is 1. The van der Waals surface area contributed by atoms with Crippen molar-refractivity contribution in [1.29, 1.82) is 0 Å². The number of benzene rings is 1. The normalized spacial score (nSPS) is 12.8. The minimum atomic E-state index is 0.394. The van der Waals surface area contributed by atoms with Gasteiger partial charge in [0.2, 0.25) is 0 Å². The van der Waals surface area contributed by atoms with Gasteiger partial charge >= 0.3 is 0 Å². The number of rotatable bonds is 5. The summed E-state index contributed by atoms with van der Waals surface area (Å²) in [7, 11) is 1.74. The van der Waals surface area contributed by atoms with Crippen LogP contribution >= 0.6 is 0 Å². The Morgan fingerprint density at radius 1 is 1.12 bits per heavy atom. The van der Waals surface area contributed by atoms with Gasteiger partial charge in [0.15, 0.2) is 0 Å². The summed E-state index contributed by atoms with van der Waals surface area (Å²) in [5, 5.41) is 3.46. The first-order chi connectivity index (χ1) is 7.54. The zero-order valence-electron chi connectivity index (χ0n) is 11.1. The molecule has 90 valence electrons. The Morgan fingerprint density at radius 2 is 1.75 bits per heavy atom. The van der Waals surface area contributed by atoms with Gasteiger partial charge in [-0.3, -0.25) is 0 Å². The van der Waals surface area contributed by atoms with Gasteiger partial charge in [0.05, 0.1) is 6.61 Å². The molecular formula is C14H23NO. The predicted octanol–water partition coefficient (Wildman–Crippen LogP) is 2.74. The standard InChI is InChI=1S/C14H23NO/c1-10-6-12(3)14(7-11(10)2)8-15-13(4)9-16-5/h6-7,13,15H,8-9H2,1-5H3/t13-/m0/s1. The molecule has 0 amide bonds. The van der Waals surface area contributed by atoms with Crippen LogP contribution in [0.2, 0.25) is 0 Å². The van der Waals surface area contributed by atoms with Crippen molar-refractivity contribution in [3.63, 3.8) is 0 Å². The molecule has 1 N–H and O–H groups in total. The summed E-state index contributed by atoms with van der Waals surface area (Å²) in [4.78, 5) is 0. The zero-order valence-corrected chi connectivity index (χ0v) is 11.1. The summed E-state index contributed by atoms with van der Waals surface area (Å²) < 4.78 is 5.10. The molecule has 2 heteroatoms. The molecule has 0 radical (unpaired) electrons. The highest BCUT2D eigenvalue weighted by Crippen LogP contribution is 2.15. The lowest BCUT2D eigenvalue weighted by atomic mass is 10.0. The van der Waals surface area contributed by atoms with Crippen LogP contribution in [0.5, 0.6) is 0 Å². The number of nitrogens with one attached hydrogen (secondary N) is 1. The van der Waals surface area contributed by atoms with E-state index in [4.69, 9.17) is 4.74 Å². The second-order valence-corrected chi connectivity index (χ2v) is 4.60. The fourth-order valence-electron chi connectivity index (χ4n) is 1.80. The lowest BCUT2D eigenvalue weighted by molar-refractivity contribution is 0.171. The summed E-state index contributed by atoms with van der Waals surface area (Å²) in [6.45, 7) is 10.3. The Kier molecular flexibility index (Phi) is 4.97. The summed E-state index contributed by atoms with van der Waals surface area (Å²) >= 11 is 0. The molecule has 0 fully saturated rings. The molecule has 0 saturated carbocycles. The van der Waals surface area contributed by atoms with Crippen molar-refractivity contribution in [2.45, 2.75) is 40.3 Å². The van der Waals surface area contributed by atoms with Crippen molar-refractivity contribution in [3.8, 4) is 0 Å². The lowest BCUT2D eigenvalue weighted by Crippen LogP contribution is -2.29. The Balaban J connectivity index is 2.63. The SMILES string of the molecule is COC[C@H](C)NCc1cc(C)c(C)cc1C. The third-order valence-corrected chi connectivity index (χ3v) is 3.01. The molecule has 1 aromatic carbocycles. The van der Waals surface area contributed by atoms with Gasteiger partial charge in [-0.1, -0.05) is 12.1 Å². The van der Waals surface area contributed by atoms with Crippen LogP contribution in [0.25, 0.3) is 0 Å². The van der Waals surface area contributed by atoms with E-state index in [1.807, 2.05) is 0 Å². The van der Waals surface area contributed by atoms with E-state index in [0.717, 1.165) is 13.2 Å². The Labute approximate surface area is 99.0 Å². The van der Waals surface area contributed by atoms with Crippen molar-refractivity contribution < 1.29 is 4.74 Å². The first-order valence-electron chi connectivity index (χ1n) is 5.83. The van der Waals surface area contributed by atoms with Gasteiger partial charge in [-0.15, -0.1) is 0 Å². The first-order valence-corrected chi connectivity index (χ1v) is 5.83. The highest BCUT2D eigenvalue weighted by molar-refractivity contribution is 5.36. The molecule has 1 aromatic rings. The Bertz CT molecular complexity index is 347. The molecule has 0 unspecified atom stereocenters. The van der Waals surface area contributed by atoms with Gasteiger partial charge in [0, 0.05) is 19.7 Å². The number of hydrogen-bond donors (Lipinski definition) is 1. The third-order valence-electron chi connectivity index (χ3n) is 3.01. The lowest BCUT2D eigenvalue weighted by Gasteiger charge is -2.15. The smallest absolute Gasteiger partial charge is 0.0613 e. The monoisotopic (exact) mass is 221 g/mol. The molecule has 16 heavy (non-hydrogen) atoms. The molecule has 0 bridgehead atoms. The molecule has 1 rings (SSSR count). The van der Waals surface area contributed by atoms with Crippen molar-refractivity contribution >= 4 is 0 Å². The summed E-state index contributed by atoms with van der Waals surface area (Å²) in [6.07, 6.45) is 0. The Hall–Kier alpha value is -0.860. The Morgan fingerprint density at radius 3 is 2.38 bits per heavy atom. The maximum Gasteiger partial charge on any atom is 0.0613 e. The van der Waals surface area contributed by atoms with Crippen LogP contribution in [0, 0.1) is 20.8 Å². The maximum atomic E-state index is 5.10. The van der Waals surface area contributed by atoms with E-state index in [9.17, 15) is 0 Å². The number of hydrogen-bond acceptors (Lipinski definition) is 2. The fraction of sp³-hybridized carbons (Fsp3) is 0.571. The van der Waals surface area contributed by atoms with Gasteiger partial charge in [0.25, 0.3) is 0 Å². The first kappa shape index (κ1) is 13.2. The molecule has 0 aliphatic carbocycles. The minimum absolute atomic E-state index is 0.394. The van der Waals surface area contributed by atoms with E-state index in [-0.39, 0.29) is 0 Å². The maximum absolute atomic E-state index is 5.10. The van der Waals surface area contributed by atoms with Crippen molar-refractivity contribution in [1.82, 2.24) is 5.32 Å². The highest BCUT2D eigenvalue weighted by Gasteiger charge is 2.04. The number of ether oxygens (including phenoxy) is 1. The van der Waals surface area contributed by atoms with E-state index in [2.05, 4.69) is 45.1 Å². The average Bonchev–Trinajstić information content (AvgIpc) is 2.22. The van der Waals surface area contributed by atoms with E-state index in [1.54, 1.807) is 7.11 Å². The van der Waals surface area contributed by atoms with Crippen molar-refractivity contribution in [3.05, 3.63) is 34.4 Å². The van der Waals surface area contributed by atoms with Crippen LogP contribution in [0.3, 0.4) is 0 Å².